The molecule has 0 saturated heterocycles. The minimum Gasteiger partial charge on any atom is -0.504 e. The zero-order chi connectivity index (χ0) is 17.4. The molecule has 1 heterocycles. The van der Waals surface area contributed by atoms with Crippen LogP contribution in [0.15, 0.2) is 36.4 Å². The molecule has 25 heavy (non-hydrogen) atoms. The topological polar surface area (TPSA) is 59.0 Å². The molecule has 1 aliphatic carbocycles. The fourth-order valence-corrected chi connectivity index (χ4v) is 3.24. The number of carbonyl (C=O) groups excluding carboxylic acids is 1. The van der Waals surface area contributed by atoms with Gasteiger partial charge in [0.1, 0.15) is 12.4 Å². The highest BCUT2D eigenvalue weighted by atomic mass is 16.5. The Hall–Kier alpha value is -2.69. The summed E-state index contributed by atoms with van der Waals surface area (Å²) in [6.45, 7) is 1.42. The standard InChI is InChI=1S/C20H21NO4/c1-24-17-4-2-3-14(10-17)15-9-16-12-21(20(23)13-5-6-13)7-8-25-19(16)18(22)11-15/h2-4,9-11,13,22H,5-8,12H2,1H3. The molecule has 130 valence electrons. The first-order valence-corrected chi connectivity index (χ1v) is 8.57. The first-order chi connectivity index (χ1) is 12.2. The molecule has 0 unspecified atom stereocenters. The Morgan fingerprint density at radius 2 is 2.08 bits per heavy atom. The van der Waals surface area contributed by atoms with E-state index in [0.717, 1.165) is 35.3 Å². The highest BCUT2D eigenvalue weighted by molar-refractivity contribution is 5.81. The van der Waals surface area contributed by atoms with Crippen LogP contribution >= 0.6 is 0 Å². The molecule has 2 aromatic carbocycles. The van der Waals surface area contributed by atoms with Gasteiger partial charge in [-0.25, -0.2) is 0 Å². The first-order valence-electron chi connectivity index (χ1n) is 8.57. The molecule has 1 aliphatic heterocycles. The van der Waals surface area contributed by atoms with Gasteiger partial charge >= 0.3 is 0 Å². The number of aromatic hydroxyl groups is 1. The van der Waals surface area contributed by atoms with Gasteiger partial charge in [-0.15, -0.1) is 0 Å². The minimum absolute atomic E-state index is 0.107. The molecule has 4 rings (SSSR count). The lowest BCUT2D eigenvalue weighted by molar-refractivity contribution is -0.133. The lowest BCUT2D eigenvalue weighted by Gasteiger charge is -2.20. The second-order valence-corrected chi connectivity index (χ2v) is 6.60. The van der Waals surface area contributed by atoms with Crippen LogP contribution in [0.4, 0.5) is 0 Å². The number of benzene rings is 2. The SMILES string of the molecule is COc1cccc(-c2cc(O)c3c(c2)CN(C(=O)C2CC2)CCO3)c1. The van der Waals surface area contributed by atoms with Gasteiger partial charge in [0.2, 0.25) is 5.91 Å². The van der Waals surface area contributed by atoms with Gasteiger partial charge in [-0.3, -0.25) is 4.79 Å². The van der Waals surface area contributed by atoms with Crippen molar-refractivity contribution in [2.24, 2.45) is 5.92 Å². The maximum absolute atomic E-state index is 12.4. The number of hydrogen-bond donors (Lipinski definition) is 1. The van der Waals surface area contributed by atoms with Gasteiger partial charge < -0.3 is 19.5 Å². The summed E-state index contributed by atoms with van der Waals surface area (Å²) in [5.41, 5.74) is 2.66. The van der Waals surface area contributed by atoms with E-state index in [2.05, 4.69) is 0 Å². The van der Waals surface area contributed by atoms with E-state index in [1.807, 2.05) is 35.2 Å². The van der Waals surface area contributed by atoms with Crippen molar-refractivity contribution in [2.45, 2.75) is 19.4 Å². The van der Waals surface area contributed by atoms with Crippen LogP contribution in [-0.4, -0.2) is 36.2 Å². The molecule has 1 amide bonds. The van der Waals surface area contributed by atoms with E-state index >= 15 is 0 Å². The molecular formula is C20H21NO4. The summed E-state index contributed by atoms with van der Waals surface area (Å²) in [6, 6.07) is 11.4. The summed E-state index contributed by atoms with van der Waals surface area (Å²) in [4.78, 5) is 14.3. The lowest BCUT2D eigenvalue weighted by Crippen LogP contribution is -2.33. The van der Waals surface area contributed by atoms with Gasteiger partial charge in [0, 0.05) is 18.0 Å². The maximum atomic E-state index is 12.4. The average molecular weight is 339 g/mol. The smallest absolute Gasteiger partial charge is 0.226 e. The van der Waals surface area contributed by atoms with Gasteiger partial charge in [0.05, 0.1) is 13.7 Å². The van der Waals surface area contributed by atoms with Gasteiger partial charge in [-0.05, 0) is 48.2 Å². The molecule has 0 radical (unpaired) electrons. The number of fused-ring (bicyclic) bond motifs is 1. The van der Waals surface area contributed by atoms with Crippen molar-refractivity contribution in [2.75, 3.05) is 20.3 Å². The van der Waals surface area contributed by atoms with Crippen LogP contribution in [0.1, 0.15) is 18.4 Å². The summed E-state index contributed by atoms with van der Waals surface area (Å²) >= 11 is 0. The third-order valence-electron chi connectivity index (χ3n) is 4.76. The Morgan fingerprint density at radius 1 is 1.24 bits per heavy atom. The van der Waals surface area contributed by atoms with Gasteiger partial charge in [-0.2, -0.15) is 0 Å². The van der Waals surface area contributed by atoms with Crippen LogP contribution in [0.25, 0.3) is 11.1 Å². The molecule has 0 atom stereocenters. The molecule has 0 bridgehead atoms. The molecule has 2 aromatic rings. The van der Waals surface area contributed by atoms with Crippen molar-refractivity contribution in [3.63, 3.8) is 0 Å². The highest BCUT2D eigenvalue weighted by Gasteiger charge is 2.34. The summed E-state index contributed by atoms with van der Waals surface area (Å²) < 4.78 is 11.0. The number of phenols is 1. The van der Waals surface area contributed by atoms with E-state index in [4.69, 9.17) is 9.47 Å². The first kappa shape index (κ1) is 15.8. The summed E-state index contributed by atoms with van der Waals surface area (Å²) in [7, 11) is 1.63. The molecule has 5 nitrogen and oxygen atoms in total. The third kappa shape index (κ3) is 3.14. The van der Waals surface area contributed by atoms with Crippen LogP contribution in [0.2, 0.25) is 0 Å². The summed E-state index contributed by atoms with van der Waals surface area (Å²) in [5, 5.41) is 10.4. The number of hydrogen-bond acceptors (Lipinski definition) is 4. The average Bonchev–Trinajstić information content (AvgIpc) is 3.47. The molecule has 1 N–H and O–H groups in total. The van der Waals surface area contributed by atoms with E-state index in [-0.39, 0.29) is 17.6 Å². The van der Waals surface area contributed by atoms with Crippen LogP contribution < -0.4 is 9.47 Å². The quantitative estimate of drug-likeness (QED) is 0.933. The fourth-order valence-electron chi connectivity index (χ4n) is 3.24. The van der Waals surface area contributed by atoms with E-state index in [1.165, 1.54) is 0 Å². The Kier molecular flexibility index (Phi) is 3.99. The molecule has 1 fully saturated rings. The predicted molar refractivity (Wildman–Crippen MR) is 93.7 cm³/mol. The number of phenolic OH excluding ortho intramolecular Hbond substituents is 1. The number of carbonyl (C=O) groups is 1. The number of rotatable bonds is 3. The van der Waals surface area contributed by atoms with Crippen LogP contribution in [0.3, 0.4) is 0 Å². The van der Waals surface area contributed by atoms with Gasteiger partial charge in [0.25, 0.3) is 0 Å². The summed E-state index contributed by atoms with van der Waals surface area (Å²) in [6.07, 6.45) is 1.97. The second-order valence-electron chi connectivity index (χ2n) is 6.60. The van der Waals surface area contributed by atoms with Gasteiger partial charge in [0.15, 0.2) is 11.5 Å². The van der Waals surface area contributed by atoms with Crippen LogP contribution in [0.5, 0.6) is 17.2 Å². The fraction of sp³-hybridized carbons (Fsp3) is 0.350. The number of nitrogens with zero attached hydrogens (tertiary/aromatic N) is 1. The Balaban J connectivity index is 1.70. The number of methoxy groups -OCH3 is 1. The monoisotopic (exact) mass is 339 g/mol. The molecule has 0 spiro atoms. The van der Waals surface area contributed by atoms with Crippen molar-refractivity contribution in [3.8, 4) is 28.4 Å². The normalized spacial score (nSPS) is 16.6. The van der Waals surface area contributed by atoms with E-state index in [0.29, 0.717) is 25.4 Å². The molecule has 2 aliphatic rings. The number of amides is 1. The highest BCUT2D eigenvalue weighted by Crippen LogP contribution is 2.39. The summed E-state index contributed by atoms with van der Waals surface area (Å²) in [5.74, 6) is 1.72. The van der Waals surface area contributed by atoms with Gasteiger partial charge in [-0.1, -0.05) is 12.1 Å². The largest absolute Gasteiger partial charge is 0.504 e. The minimum atomic E-state index is 0.107. The van der Waals surface area contributed by atoms with E-state index < -0.39 is 0 Å². The molecular weight excluding hydrogens is 318 g/mol. The zero-order valence-electron chi connectivity index (χ0n) is 14.2. The molecule has 1 saturated carbocycles. The van der Waals surface area contributed by atoms with Crippen LogP contribution in [-0.2, 0) is 11.3 Å². The Bertz CT molecular complexity index is 813. The van der Waals surface area contributed by atoms with E-state index in [1.54, 1.807) is 13.2 Å². The van der Waals surface area contributed by atoms with Crippen LogP contribution in [0, 0.1) is 5.92 Å². The van der Waals surface area contributed by atoms with Crippen molar-refractivity contribution in [1.82, 2.24) is 4.90 Å². The molecule has 0 aromatic heterocycles. The Morgan fingerprint density at radius 3 is 2.84 bits per heavy atom. The molecule has 5 heteroatoms. The maximum Gasteiger partial charge on any atom is 0.226 e. The van der Waals surface area contributed by atoms with Crippen molar-refractivity contribution in [1.29, 1.82) is 0 Å². The van der Waals surface area contributed by atoms with Crippen molar-refractivity contribution in [3.05, 3.63) is 42.0 Å². The third-order valence-corrected chi connectivity index (χ3v) is 4.76. The Labute approximate surface area is 146 Å². The predicted octanol–water partition coefficient (Wildman–Crippen LogP) is 3.20. The van der Waals surface area contributed by atoms with E-state index in [9.17, 15) is 9.90 Å². The lowest BCUT2D eigenvalue weighted by atomic mass is 10.0. The van der Waals surface area contributed by atoms with Crippen molar-refractivity contribution < 1.29 is 19.4 Å². The van der Waals surface area contributed by atoms with Crippen molar-refractivity contribution >= 4 is 5.91 Å². The zero-order valence-corrected chi connectivity index (χ0v) is 14.2. The number of ether oxygens (including phenoxy) is 2. The second kappa shape index (κ2) is 6.31.